The van der Waals surface area contributed by atoms with Crippen LogP contribution in [0.1, 0.15) is 24.8 Å². The number of rotatable bonds is 4. The highest BCUT2D eigenvalue weighted by molar-refractivity contribution is 5.18. The fraction of sp³-hybridized carbons (Fsp3) is 0.688. The van der Waals surface area contributed by atoms with Crippen LogP contribution in [0.3, 0.4) is 0 Å². The summed E-state index contributed by atoms with van der Waals surface area (Å²) in [6.45, 7) is 4.99. The van der Waals surface area contributed by atoms with Gasteiger partial charge in [-0.05, 0) is 25.3 Å². The number of likely N-dealkylation sites (tertiary alicyclic amines) is 1. The van der Waals surface area contributed by atoms with Crippen LogP contribution in [0.2, 0.25) is 0 Å². The third-order valence-electron chi connectivity index (χ3n) is 4.53. The van der Waals surface area contributed by atoms with Crippen molar-refractivity contribution >= 4 is 0 Å². The summed E-state index contributed by atoms with van der Waals surface area (Å²) < 4.78 is 11.1. The molecular formula is C16H24N2O3. The smallest absolute Gasteiger partial charge is 0.0935 e. The van der Waals surface area contributed by atoms with Gasteiger partial charge in [0.05, 0.1) is 31.5 Å². The van der Waals surface area contributed by atoms with E-state index in [-0.39, 0.29) is 6.10 Å². The minimum absolute atomic E-state index is 0.234. The normalized spacial score (nSPS) is 26.6. The molecule has 1 aromatic heterocycles. The first-order chi connectivity index (χ1) is 10.3. The maximum atomic E-state index is 10.8. The monoisotopic (exact) mass is 292 g/mol. The first kappa shape index (κ1) is 14.9. The highest BCUT2D eigenvalue weighted by Gasteiger charge is 2.34. The lowest BCUT2D eigenvalue weighted by atomic mass is 9.85. The topological polar surface area (TPSA) is 54.8 Å². The predicted octanol–water partition coefficient (Wildman–Crippen LogP) is 1.17. The second kappa shape index (κ2) is 6.83. The SMILES string of the molecule is OC1(c2cccnc2)CCN(CCC2COCCO2)CC1. The largest absolute Gasteiger partial charge is 0.385 e. The summed E-state index contributed by atoms with van der Waals surface area (Å²) in [5, 5.41) is 10.8. The number of pyridine rings is 1. The van der Waals surface area contributed by atoms with Crippen molar-refractivity contribution in [3.63, 3.8) is 0 Å². The van der Waals surface area contributed by atoms with Crippen molar-refractivity contribution in [2.75, 3.05) is 39.5 Å². The van der Waals surface area contributed by atoms with Crippen molar-refractivity contribution in [2.24, 2.45) is 0 Å². The molecule has 3 rings (SSSR count). The Morgan fingerprint density at radius 3 is 2.86 bits per heavy atom. The van der Waals surface area contributed by atoms with E-state index in [0.717, 1.165) is 51.1 Å². The number of nitrogens with zero attached hydrogens (tertiary/aromatic N) is 2. The van der Waals surface area contributed by atoms with E-state index < -0.39 is 5.60 Å². The van der Waals surface area contributed by atoms with E-state index in [1.54, 1.807) is 12.4 Å². The van der Waals surface area contributed by atoms with E-state index in [1.807, 2.05) is 12.1 Å². The van der Waals surface area contributed by atoms with Crippen molar-refractivity contribution in [3.8, 4) is 0 Å². The molecular weight excluding hydrogens is 268 g/mol. The van der Waals surface area contributed by atoms with Crippen molar-refractivity contribution in [1.29, 1.82) is 0 Å². The highest BCUT2D eigenvalue weighted by Crippen LogP contribution is 2.32. The fourth-order valence-electron chi connectivity index (χ4n) is 3.10. The molecule has 116 valence electrons. The highest BCUT2D eigenvalue weighted by atomic mass is 16.6. The van der Waals surface area contributed by atoms with Gasteiger partial charge >= 0.3 is 0 Å². The Morgan fingerprint density at radius 1 is 1.33 bits per heavy atom. The Kier molecular flexibility index (Phi) is 4.85. The van der Waals surface area contributed by atoms with Crippen LogP contribution in [0.5, 0.6) is 0 Å². The number of hydrogen-bond acceptors (Lipinski definition) is 5. The summed E-state index contributed by atoms with van der Waals surface area (Å²) in [7, 11) is 0. The van der Waals surface area contributed by atoms with E-state index in [4.69, 9.17) is 9.47 Å². The van der Waals surface area contributed by atoms with Crippen LogP contribution in [0, 0.1) is 0 Å². The van der Waals surface area contributed by atoms with Crippen LogP contribution in [0.25, 0.3) is 0 Å². The quantitative estimate of drug-likeness (QED) is 0.903. The minimum atomic E-state index is -0.713. The Hall–Kier alpha value is -1.01. The van der Waals surface area contributed by atoms with Gasteiger partial charge in [-0.2, -0.15) is 0 Å². The Bertz CT molecular complexity index is 426. The van der Waals surface area contributed by atoms with Gasteiger partial charge < -0.3 is 19.5 Å². The molecule has 1 N–H and O–H groups in total. The van der Waals surface area contributed by atoms with E-state index in [9.17, 15) is 5.11 Å². The number of aliphatic hydroxyl groups is 1. The summed E-state index contributed by atoms with van der Waals surface area (Å²) in [6.07, 6.45) is 6.29. The summed E-state index contributed by atoms with van der Waals surface area (Å²) in [5.74, 6) is 0. The van der Waals surface area contributed by atoms with Crippen molar-refractivity contribution in [1.82, 2.24) is 9.88 Å². The van der Waals surface area contributed by atoms with Crippen LogP contribution in [-0.4, -0.2) is 60.5 Å². The first-order valence-electron chi connectivity index (χ1n) is 7.81. The lowest BCUT2D eigenvalue weighted by molar-refractivity contribution is -0.0950. The zero-order valence-corrected chi connectivity index (χ0v) is 12.4. The average molecular weight is 292 g/mol. The molecule has 2 saturated heterocycles. The van der Waals surface area contributed by atoms with Crippen molar-refractivity contribution < 1.29 is 14.6 Å². The molecule has 0 aliphatic carbocycles. The molecule has 2 aliphatic rings. The van der Waals surface area contributed by atoms with Gasteiger partial charge in [-0.15, -0.1) is 0 Å². The fourth-order valence-corrected chi connectivity index (χ4v) is 3.10. The molecule has 0 aromatic carbocycles. The lowest BCUT2D eigenvalue weighted by Gasteiger charge is -2.38. The molecule has 3 heterocycles. The molecule has 1 atom stereocenters. The van der Waals surface area contributed by atoms with E-state index in [2.05, 4.69) is 9.88 Å². The lowest BCUT2D eigenvalue weighted by Crippen LogP contribution is -2.44. The number of piperidine rings is 1. The predicted molar refractivity (Wildman–Crippen MR) is 79.0 cm³/mol. The molecule has 5 nitrogen and oxygen atoms in total. The zero-order chi connectivity index (χ0) is 14.5. The van der Waals surface area contributed by atoms with E-state index in [0.29, 0.717) is 13.2 Å². The van der Waals surface area contributed by atoms with Gasteiger partial charge in [0.1, 0.15) is 0 Å². The van der Waals surface area contributed by atoms with Crippen LogP contribution in [0.15, 0.2) is 24.5 Å². The van der Waals surface area contributed by atoms with Crippen molar-refractivity contribution in [3.05, 3.63) is 30.1 Å². The van der Waals surface area contributed by atoms with Gasteiger partial charge in [-0.25, -0.2) is 0 Å². The summed E-state index contributed by atoms with van der Waals surface area (Å²) in [5.41, 5.74) is 0.225. The second-order valence-corrected chi connectivity index (χ2v) is 5.97. The molecule has 0 amide bonds. The first-order valence-corrected chi connectivity index (χ1v) is 7.81. The van der Waals surface area contributed by atoms with Gasteiger partial charge in [0.25, 0.3) is 0 Å². The number of ether oxygens (including phenoxy) is 2. The Labute approximate surface area is 125 Å². The van der Waals surface area contributed by atoms with Crippen LogP contribution >= 0.6 is 0 Å². The number of aromatic nitrogens is 1. The molecule has 1 unspecified atom stereocenters. The molecule has 5 heteroatoms. The third-order valence-corrected chi connectivity index (χ3v) is 4.53. The Balaban J connectivity index is 1.46. The molecule has 21 heavy (non-hydrogen) atoms. The molecule has 2 fully saturated rings. The standard InChI is InChI=1S/C16H24N2O3/c19-16(14-2-1-6-17-12-14)4-8-18(9-5-16)7-3-15-13-20-10-11-21-15/h1-2,6,12,15,19H,3-5,7-11,13H2. The zero-order valence-electron chi connectivity index (χ0n) is 12.4. The van der Waals surface area contributed by atoms with Crippen LogP contribution in [-0.2, 0) is 15.1 Å². The molecule has 0 radical (unpaired) electrons. The van der Waals surface area contributed by atoms with Gasteiger partial charge in [0.15, 0.2) is 0 Å². The molecule has 0 bridgehead atoms. The molecule has 2 aliphatic heterocycles. The summed E-state index contributed by atoms with van der Waals surface area (Å²) >= 11 is 0. The van der Waals surface area contributed by atoms with Crippen LogP contribution < -0.4 is 0 Å². The number of hydrogen-bond donors (Lipinski definition) is 1. The van der Waals surface area contributed by atoms with Crippen LogP contribution in [0.4, 0.5) is 0 Å². The van der Waals surface area contributed by atoms with E-state index >= 15 is 0 Å². The Morgan fingerprint density at radius 2 is 2.19 bits per heavy atom. The molecule has 0 spiro atoms. The summed E-state index contributed by atoms with van der Waals surface area (Å²) in [4.78, 5) is 6.52. The van der Waals surface area contributed by atoms with Gasteiger partial charge in [-0.3, -0.25) is 4.98 Å². The second-order valence-electron chi connectivity index (χ2n) is 5.97. The maximum absolute atomic E-state index is 10.8. The van der Waals surface area contributed by atoms with Gasteiger partial charge in [0, 0.05) is 37.6 Å². The molecule has 1 aromatic rings. The molecule has 0 saturated carbocycles. The summed E-state index contributed by atoms with van der Waals surface area (Å²) in [6, 6.07) is 3.86. The van der Waals surface area contributed by atoms with Crippen molar-refractivity contribution in [2.45, 2.75) is 31.0 Å². The average Bonchev–Trinajstić information content (AvgIpc) is 2.56. The van der Waals surface area contributed by atoms with E-state index in [1.165, 1.54) is 0 Å². The third kappa shape index (κ3) is 3.80. The minimum Gasteiger partial charge on any atom is -0.385 e. The maximum Gasteiger partial charge on any atom is 0.0935 e. The van der Waals surface area contributed by atoms with Gasteiger partial charge in [0.2, 0.25) is 0 Å². The van der Waals surface area contributed by atoms with Gasteiger partial charge in [-0.1, -0.05) is 6.07 Å².